The normalized spacial score (nSPS) is 16.7. The van der Waals surface area contributed by atoms with E-state index in [0.717, 1.165) is 37.2 Å². The molecule has 1 N–H and O–H groups in total. The molecule has 1 aliphatic rings. The summed E-state index contributed by atoms with van der Waals surface area (Å²) in [7, 11) is 3.57. The number of hydrogen-bond donors (Lipinski definition) is 1. The van der Waals surface area contributed by atoms with Crippen LogP contribution in [0.5, 0.6) is 5.75 Å². The van der Waals surface area contributed by atoms with Crippen LogP contribution >= 0.6 is 12.4 Å². The van der Waals surface area contributed by atoms with Gasteiger partial charge >= 0.3 is 0 Å². The number of nitrogens with one attached hydrogen (secondary N) is 1. The summed E-state index contributed by atoms with van der Waals surface area (Å²) >= 11 is 0. The summed E-state index contributed by atoms with van der Waals surface area (Å²) in [5.41, 5.74) is 1.01. The fraction of sp³-hybridized carbons (Fsp3) is 0.562. The largest absolute Gasteiger partial charge is 0.497 e. The van der Waals surface area contributed by atoms with E-state index in [0.29, 0.717) is 6.04 Å². The van der Waals surface area contributed by atoms with Crippen LogP contribution in [0.2, 0.25) is 0 Å². The molecule has 0 saturated carbocycles. The Hall–Kier alpha value is -1.26. The molecule has 0 spiro atoms. The fourth-order valence-corrected chi connectivity index (χ4v) is 2.73. The number of likely N-dealkylation sites (N-methyl/N-ethyl adjacent to an activating group) is 1. The van der Waals surface area contributed by atoms with Crippen LogP contribution in [-0.2, 0) is 4.79 Å². The molecule has 21 heavy (non-hydrogen) atoms. The molecule has 1 saturated heterocycles. The zero-order valence-electron chi connectivity index (χ0n) is 13.0. The van der Waals surface area contributed by atoms with E-state index in [1.165, 1.54) is 0 Å². The van der Waals surface area contributed by atoms with Crippen molar-refractivity contribution in [1.82, 2.24) is 10.2 Å². The number of carbonyl (C=O) groups is 1. The number of hydrogen-bond acceptors (Lipinski definition) is 3. The van der Waals surface area contributed by atoms with Crippen LogP contribution in [0.1, 0.15) is 31.2 Å². The van der Waals surface area contributed by atoms with Crippen LogP contribution in [0.4, 0.5) is 0 Å². The van der Waals surface area contributed by atoms with Crippen LogP contribution in [0, 0.1) is 0 Å². The van der Waals surface area contributed by atoms with Gasteiger partial charge in [0.25, 0.3) is 0 Å². The topological polar surface area (TPSA) is 41.6 Å². The molecule has 0 aliphatic carbocycles. The first-order chi connectivity index (χ1) is 9.63. The lowest BCUT2D eigenvalue weighted by molar-refractivity contribution is -0.133. The first-order valence-corrected chi connectivity index (χ1v) is 7.25. The number of amides is 1. The second kappa shape index (κ2) is 8.25. The number of piperidine rings is 1. The number of benzene rings is 1. The first kappa shape index (κ1) is 17.8. The molecular formula is C16H25ClN2O2. The second-order valence-electron chi connectivity index (χ2n) is 5.43. The van der Waals surface area contributed by atoms with Crippen molar-refractivity contribution in [2.75, 3.05) is 27.2 Å². The molecule has 1 fully saturated rings. The lowest BCUT2D eigenvalue weighted by Gasteiger charge is -2.33. The predicted molar refractivity (Wildman–Crippen MR) is 87.3 cm³/mol. The quantitative estimate of drug-likeness (QED) is 0.928. The Labute approximate surface area is 133 Å². The van der Waals surface area contributed by atoms with E-state index in [1.54, 1.807) is 7.11 Å². The first-order valence-electron chi connectivity index (χ1n) is 7.25. The molecular weight excluding hydrogens is 288 g/mol. The summed E-state index contributed by atoms with van der Waals surface area (Å²) < 4.78 is 5.23. The third-order valence-electron chi connectivity index (χ3n) is 4.17. The summed E-state index contributed by atoms with van der Waals surface area (Å²) in [6.45, 7) is 3.96. The average molecular weight is 313 g/mol. The molecule has 0 aromatic heterocycles. The van der Waals surface area contributed by atoms with Gasteiger partial charge in [-0.3, -0.25) is 4.79 Å². The van der Waals surface area contributed by atoms with Crippen LogP contribution in [-0.4, -0.2) is 44.1 Å². The van der Waals surface area contributed by atoms with Gasteiger partial charge in [-0.1, -0.05) is 12.1 Å². The average Bonchev–Trinajstić information content (AvgIpc) is 2.53. The standard InChI is InChI=1S/C16H24N2O2.ClH/c1-12(13-5-4-6-15(11-13)20-3)16(19)18(2)14-7-9-17-10-8-14;/h4-6,11-12,14,17H,7-10H2,1-3H3;1H. The van der Waals surface area contributed by atoms with E-state index in [9.17, 15) is 4.79 Å². The Morgan fingerprint density at radius 1 is 1.38 bits per heavy atom. The van der Waals surface area contributed by atoms with E-state index in [1.807, 2.05) is 43.1 Å². The smallest absolute Gasteiger partial charge is 0.229 e. The highest BCUT2D eigenvalue weighted by atomic mass is 35.5. The third-order valence-corrected chi connectivity index (χ3v) is 4.17. The van der Waals surface area contributed by atoms with Gasteiger partial charge in [-0.25, -0.2) is 0 Å². The number of methoxy groups -OCH3 is 1. The van der Waals surface area contributed by atoms with Crippen molar-refractivity contribution in [2.45, 2.75) is 31.7 Å². The lowest BCUT2D eigenvalue weighted by atomic mass is 9.97. The number of nitrogens with zero attached hydrogens (tertiary/aromatic N) is 1. The lowest BCUT2D eigenvalue weighted by Crippen LogP contribution is -2.45. The van der Waals surface area contributed by atoms with Crippen molar-refractivity contribution in [3.8, 4) is 5.75 Å². The van der Waals surface area contributed by atoms with Crippen LogP contribution < -0.4 is 10.1 Å². The molecule has 2 rings (SSSR count). The summed E-state index contributed by atoms with van der Waals surface area (Å²) in [5.74, 6) is 0.849. The molecule has 5 heteroatoms. The Balaban J connectivity index is 0.00000220. The maximum atomic E-state index is 12.6. The van der Waals surface area contributed by atoms with Gasteiger partial charge in [0.2, 0.25) is 5.91 Å². The van der Waals surface area contributed by atoms with Crippen molar-refractivity contribution in [2.24, 2.45) is 0 Å². The van der Waals surface area contributed by atoms with E-state index >= 15 is 0 Å². The highest BCUT2D eigenvalue weighted by Gasteiger charge is 2.26. The van der Waals surface area contributed by atoms with Gasteiger partial charge in [-0.05, 0) is 50.6 Å². The highest BCUT2D eigenvalue weighted by molar-refractivity contribution is 5.85. The van der Waals surface area contributed by atoms with Crippen molar-refractivity contribution in [1.29, 1.82) is 0 Å². The van der Waals surface area contributed by atoms with Gasteiger partial charge in [-0.15, -0.1) is 12.4 Å². The van der Waals surface area contributed by atoms with Crippen LogP contribution in [0.3, 0.4) is 0 Å². The molecule has 1 heterocycles. The molecule has 1 amide bonds. The van der Waals surface area contributed by atoms with Gasteiger partial charge in [0.1, 0.15) is 5.75 Å². The number of ether oxygens (including phenoxy) is 1. The Morgan fingerprint density at radius 2 is 2.05 bits per heavy atom. The fourth-order valence-electron chi connectivity index (χ4n) is 2.73. The Kier molecular flexibility index (Phi) is 6.99. The summed E-state index contributed by atoms with van der Waals surface area (Å²) in [5, 5.41) is 3.33. The van der Waals surface area contributed by atoms with Crippen LogP contribution in [0.15, 0.2) is 24.3 Å². The summed E-state index contributed by atoms with van der Waals surface area (Å²) in [4.78, 5) is 14.5. The van der Waals surface area contributed by atoms with E-state index in [2.05, 4.69) is 5.32 Å². The molecule has 118 valence electrons. The molecule has 0 radical (unpaired) electrons. The van der Waals surface area contributed by atoms with Crippen molar-refractivity contribution in [3.05, 3.63) is 29.8 Å². The van der Waals surface area contributed by atoms with Crippen molar-refractivity contribution >= 4 is 18.3 Å². The molecule has 1 unspecified atom stereocenters. The Morgan fingerprint density at radius 3 is 2.67 bits per heavy atom. The zero-order chi connectivity index (χ0) is 14.5. The van der Waals surface area contributed by atoms with Gasteiger partial charge in [0, 0.05) is 13.1 Å². The van der Waals surface area contributed by atoms with E-state index < -0.39 is 0 Å². The molecule has 1 aliphatic heterocycles. The van der Waals surface area contributed by atoms with E-state index in [-0.39, 0.29) is 24.2 Å². The maximum Gasteiger partial charge on any atom is 0.229 e. The minimum atomic E-state index is -0.134. The molecule has 0 bridgehead atoms. The number of carbonyl (C=O) groups excluding carboxylic acids is 1. The summed E-state index contributed by atoms with van der Waals surface area (Å²) in [6, 6.07) is 8.12. The molecule has 1 atom stereocenters. The minimum absolute atomic E-state index is 0. The van der Waals surface area contributed by atoms with Gasteiger partial charge < -0.3 is 15.0 Å². The summed E-state index contributed by atoms with van der Waals surface area (Å²) in [6.07, 6.45) is 2.07. The third kappa shape index (κ3) is 4.35. The molecule has 1 aromatic carbocycles. The molecule has 1 aromatic rings. The van der Waals surface area contributed by atoms with Crippen molar-refractivity contribution in [3.63, 3.8) is 0 Å². The predicted octanol–water partition coefficient (Wildman–Crippen LogP) is 2.43. The van der Waals surface area contributed by atoms with Gasteiger partial charge in [0.15, 0.2) is 0 Å². The monoisotopic (exact) mass is 312 g/mol. The Bertz CT molecular complexity index is 461. The van der Waals surface area contributed by atoms with Gasteiger partial charge in [-0.2, -0.15) is 0 Å². The maximum absolute atomic E-state index is 12.6. The SMILES string of the molecule is COc1cccc(C(C)C(=O)N(C)C2CCNCC2)c1.Cl. The second-order valence-corrected chi connectivity index (χ2v) is 5.43. The number of rotatable bonds is 4. The van der Waals surface area contributed by atoms with Gasteiger partial charge in [0.05, 0.1) is 13.0 Å². The van der Waals surface area contributed by atoms with E-state index in [4.69, 9.17) is 4.74 Å². The zero-order valence-corrected chi connectivity index (χ0v) is 13.8. The number of halogens is 1. The van der Waals surface area contributed by atoms with Crippen LogP contribution in [0.25, 0.3) is 0 Å². The van der Waals surface area contributed by atoms with Crippen molar-refractivity contribution < 1.29 is 9.53 Å². The highest BCUT2D eigenvalue weighted by Crippen LogP contribution is 2.24. The minimum Gasteiger partial charge on any atom is -0.497 e. The molecule has 4 nitrogen and oxygen atoms in total.